The van der Waals surface area contributed by atoms with Gasteiger partial charge in [-0.1, -0.05) is 65.7 Å². The molecule has 0 saturated heterocycles. The lowest BCUT2D eigenvalue weighted by Crippen LogP contribution is -2.31. The molecule has 3 amide bonds. The van der Waals surface area contributed by atoms with Crippen molar-refractivity contribution < 1.29 is 14.4 Å². The van der Waals surface area contributed by atoms with Crippen LogP contribution in [0.3, 0.4) is 0 Å². The van der Waals surface area contributed by atoms with E-state index >= 15 is 0 Å². The molecule has 0 radical (unpaired) electrons. The first-order valence-electron chi connectivity index (χ1n) is 10.4. The predicted octanol–water partition coefficient (Wildman–Crippen LogP) is 4.99. The lowest BCUT2D eigenvalue weighted by atomic mass is 10.1. The van der Waals surface area contributed by atoms with Crippen molar-refractivity contribution in [3.05, 3.63) is 106 Å². The predicted molar refractivity (Wildman–Crippen MR) is 129 cm³/mol. The summed E-state index contributed by atoms with van der Waals surface area (Å²) in [6.45, 7) is 4.04. The largest absolute Gasteiger partial charge is 0.350 e. The summed E-state index contributed by atoms with van der Waals surface area (Å²) >= 11 is 6.20. The van der Waals surface area contributed by atoms with Gasteiger partial charge in [0.15, 0.2) is 0 Å². The van der Waals surface area contributed by atoms with Gasteiger partial charge >= 0.3 is 0 Å². The first-order valence-corrected chi connectivity index (χ1v) is 10.8. The van der Waals surface area contributed by atoms with Gasteiger partial charge in [-0.15, -0.1) is 0 Å². The smallest absolute Gasteiger partial charge is 0.279 e. The Hall–Kier alpha value is -3.90. The Bertz CT molecular complexity index is 1280. The van der Waals surface area contributed by atoms with E-state index in [2.05, 4.69) is 10.6 Å². The molecule has 4 rings (SSSR count). The Morgan fingerprint density at radius 1 is 0.909 bits per heavy atom. The molecule has 1 heterocycles. The summed E-state index contributed by atoms with van der Waals surface area (Å²) in [6, 6.07) is 21.6. The molecule has 1 aliphatic rings. The number of halogens is 1. The molecular formula is C26H22ClN3O3. The Labute approximate surface area is 196 Å². The van der Waals surface area contributed by atoms with Crippen molar-refractivity contribution in [1.82, 2.24) is 4.90 Å². The maximum absolute atomic E-state index is 12.9. The fraction of sp³-hybridized carbons (Fsp3) is 0.115. The molecule has 0 unspecified atom stereocenters. The van der Waals surface area contributed by atoms with Crippen molar-refractivity contribution in [2.75, 3.05) is 10.6 Å². The van der Waals surface area contributed by atoms with Crippen LogP contribution in [0.5, 0.6) is 0 Å². The molecule has 0 bridgehead atoms. The first-order chi connectivity index (χ1) is 15.8. The van der Waals surface area contributed by atoms with Crippen molar-refractivity contribution in [3.8, 4) is 0 Å². The summed E-state index contributed by atoms with van der Waals surface area (Å²) in [4.78, 5) is 39.3. The van der Waals surface area contributed by atoms with Gasteiger partial charge in [-0.3, -0.25) is 19.3 Å². The summed E-state index contributed by atoms with van der Waals surface area (Å²) in [5.41, 5.74) is 4.47. The summed E-state index contributed by atoms with van der Waals surface area (Å²) < 4.78 is 0. The van der Waals surface area contributed by atoms with Gasteiger partial charge in [0.25, 0.3) is 17.7 Å². The average molecular weight is 460 g/mol. The monoisotopic (exact) mass is 459 g/mol. The number of hydrogen-bond donors (Lipinski definition) is 2. The van der Waals surface area contributed by atoms with Crippen LogP contribution < -0.4 is 10.6 Å². The van der Waals surface area contributed by atoms with Gasteiger partial charge in [0.1, 0.15) is 10.7 Å². The van der Waals surface area contributed by atoms with E-state index in [9.17, 15) is 14.4 Å². The van der Waals surface area contributed by atoms with E-state index < -0.39 is 11.8 Å². The second kappa shape index (κ2) is 9.30. The number of carbonyl (C=O) groups excluding carboxylic acids is 3. The van der Waals surface area contributed by atoms with Crippen molar-refractivity contribution >= 4 is 40.7 Å². The zero-order valence-corrected chi connectivity index (χ0v) is 18.9. The number of nitrogens with zero attached hydrogens (tertiary/aromatic N) is 1. The van der Waals surface area contributed by atoms with Gasteiger partial charge in [0, 0.05) is 16.9 Å². The maximum atomic E-state index is 12.9. The lowest BCUT2D eigenvalue weighted by molar-refractivity contribution is -0.138. The van der Waals surface area contributed by atoms with Crippen LogP contribution in [0.2, 0.25) is 0 Å². The topological polar surface area (TPSA) is 78.5 Å². The number of aryl methyl sites for hydroxylation is 2. The van der Waals surface area contributed by atoms with E-state index in [0.29, 0.717) is 11.3 Å². The molecule has 6 nitrogen and oxygen atoms in total. The molecule has 1 aliphatic heterocycles. The van der Waals surface area contributed by atoms with Crippen molar-refractivity contribution in [3.63, 3.8) is 0 Å². The van der Waals surface area contributed by atoms with Gasteiger partial charge in [-0.25, -0.2) is 0 Å². The van der Waals surface area contributed by atoms with Crippen LogP contribution in [0.25, 0.3) is 0 Å². The molecule has 0 saturated carbocycles. The highest BCUT2D eigenvalue weighted by molar-refractivity contribution is 6.48. The van der Waals surface area contributed by atoms with Gasteiger partial charge in [0.05, 0.1) is 6.54 Å². The first kappa shape index (κ1) is 22.3. The SMILES string of the molecule is Cc1ccc(NC(=O)c2cccc(NC3=C(Cl)C(=O)N(Cc4ccccc4)C3=O)c2)c(C)c1. The van der Waals surface area contributed by atoms with E-state index in [1.54, 1.807) is 24.3 Å². The third-order valence-electron chi connectivity index (χ3n) is 5.32. The number of imide groups is 1. The van der Waals surface area contributed by atoms with E-state index in [1.807, 2.05) is 62.4 Å². The fourth-order valence-corrected chi connectivity index (χ4v) is 3.83. The van der Waals surface area contributed by atoms with Crippen molar-refractivity contribution in [2.45, 2.75) is 20.4 Å². The maximum Gasteiger partial charge on any atom is 0.279 e. The molecule has 33 heavy (non-hydrogen) atoms. The highest BCUT2D eigenvalue weighted by Gasteiger charge is 2.37. The molecule has 3 aromatic rings. The van der Waals surface area contributed by atoms with E-state index in [4.69, 9.17) is 11.6 Å². The second-order valence-electron chi connectivity index (χ2n) is 7.85. The zero-order valence-electron chi connectivity index (χ0n) is 18.2. The Balaban J connectivity index is 1.50. The van der Waals surface area contributed by atoms with Crippen LogP contribution in [-0.2, 0) is 16.1 Å². The Morgan fingerprint density at radius 3 is 2.39 bits per heavy atom. The normalized spacial score (nSPS) is 13.5. The van der Waals surface area contributed by atoms with Crippen molar-refractivity contribution in [1.29, 1.82) is 0 Å². The fourth-order valence-electron chi connectivity index (χ4n) is 3.60. The van der Waals surface area contributed by atoms with E-state index in [1.165, 1.54) is 0 Å². The molecule has 166 valence electrons. The van der Waals surface area contributed by atoms with Crippen molar-refractivity contribution in [2.24, 2.45) is 0 Å². The summed E-state index contributed by atoms with van der Waals surface area (Å²) in [6.07, 6.45) is 0. The van der Waals surface area contributed by atoms with Gasteiger partial charge in [-0.2, -0.15) is 0 Å². The minimum atomic E-state index is -0.559. The number of hydrogen-bond acceptors (Lipinski definition) is 4. The highest BCUT2D eigenvalue weighted by Crippen LogP contribution is 2.27. The molecule has 3 aromatic carbocycles. The number of anilines is 2. The van der Waals surface area contributed by atoms with Crippen LogP contribution in [0.1, 0.15) is 27.0 Å². The molecular weight excluding hydrogens is 438 g/mol. The summed E-state index contributed by atoms with van der Waals surface area (Å²) in [7, 11) is 0. The molecule has 0 fully saturated rings. The zero-order chi connectivity index (χ0) is 23.5. The van der Waals surface area contributed by atoms with E-state index in [-0.39, 0.29) is 23.2 Å². The second-order valence-corrected chi connectivity index (χ2v) is 8.23. The lowest BCUT2D eigenvalue weighted by Gasteiger charge is -2.15. The van der Waals surface area contributed by atoms with Crippen LogP contribution in [0.4, 0.5) is 11.4 Å². The molecule has 0 spiro atoms. The average Bonchev–Trinajstić information content (AvgIpc) is 3.00. The standard InChI is InChI=1S/C26H22ClN3O3/c1-16-11-12-21(17(2)13-16)29-24(31)19-9-6-10-20(14-19)28-23-22(27)25(32)30(26(23)33)15-18-7-4-3-5-8-18/h3-14,28H,15H2,1-2H3,(H,29,31). The Morgan fingerprint density at radius 2 is 1.67 bits per heavy atom. The quantitative estimate of drug-likeness (QED) is 0.509. The molecule has 0 aromatic heterocycles. The van der Waals surface area contributed by atoms with Gasteiger partial charge in [0.2, 0.25) is 0 Å². The third-order valence-corrected chi connectivity index (χ3v) is 5.67. The number of benzene rings is 3. The number of nitrogens with one attached hydrogen (secondary N) is 2. The van der Waals surface area contributed by atoms with Crippen LogP contribution in [0, 0.1) is 13.8 Å². The number of carbonyl (C=O) groups is 3. The van der Waals surface area contributed by atoms with Crippen LogP contribution >= 0.6 is 11.6 Å². The highest BCUT2D eigenvalue weighted by atomic mass is 35.5. The minimum Gasteiger partial charge on any atom is -0.350 e. The molecule has 7 heteroatoms. The Kier molecular flexibility index (Phi) is 6.29. The van der Waals surface area contributed by atoms with E-state index in [0.717, 1.165) is 27.3 Å². The summed E-state index contributed by atoms with van der Waals surface area (Å²) in [5.74, 6) is -1.36. The molecule has 0 atom stereocenters. The minimum absolute atomic E-state index is 0.00969. The molecule has 0 aliphatic carbocycles. The van der Waals surface area contributed by atoms with Crippen LogP contribution in [-0.4, -0.2) is 22.6 Å². The van der Waals surface area contributed by atoms with Gasteiger partial charge in [-0.05, 0) is 49.2 Å². The summed E-state index contributed by atoms with van der Waals surface area (Å²) in [5, 5.41) is 5.64. The third kappa shape index (κ3) is 4.81. The van der Waals surface area contributed by atoms with Gasteiger partial charge < -0.3 is 10.6 Å². The van der Waals surface area contributed by atoms with Crippen LogP contribution in [0.15, 0.2) is 83.5 Å². The molecule has 2 N–H and O–H groups in total. The number of rotatable bonds is 6. The number of amides is 3.